The van der Waals surface area contributed by atoms with E-state index in [9.17, 15) is 28.6 Å². The monoisotopic (exact) mass is 644 g/mol. The Morgan fingerprint density at radius 1 is 1.09 bits per heavy atom. The van der Waals surface area contributed by atoms with Gasteiger partial charge in [0.2, 0.25) is 11.8 Å². The number of alkyl carbamates (subject to hydrolysis) is 1. The highest BCUT2D eigenvalue weighted by Gasteiger charge is 2.49. The molecule has 1 aromatic carbocycles. The summed E-state index contributed by atoms with van der Waals surface area (Å²) in [5.74, 6) is -2.18. The third-order valence-electron chi connectivity index (χ3n) is 9.64. The second kappa shape index (κ2) is 13.8. The number of rotatable bonds is 7. The van der Waals surface area contributed by atoms with Crippen LogP contribution in [0, 0.1) is 23.1 Å². The summed E-state index contributed by atoms with van der Waals surface area (Å²) in [4.78, 5) is 56.9. The molecule has 3 heterocycles. The van der Waals surface area contributed by atoms with Crippen LogP contribution in [0.3, 0.4) is 0 Å². The van der Waals surface area contributed by atoms with Crippen molar-refractivity contribution in [1.82, 2.24) is 20.4 Å². The van der Waals surface area contributed by atoms with E-state index in [1.807, 2.05) is 13.8 Å². The van der Waals surface area contributed by atoms with Crippen molar-refractivity contribution in [2.24, 2.45) is 17.3 Å². The molecule has 14 heteroatoms. The molecule has 2 saturated heterocycles. The molecule has 46 heavy (non-hydrogen) atoms. The van der Waals surface area contributed by atoms with Gasteiger partial charge in [-0.2, -0.15) is 0 Å². The molecule has 4 amide bonds. The second-order valence-electron chi connectivity index (χ2n) is 14.4. The molecule has 1 aliphatic carbocycles. The first-order chi connectivity index (χ1) is 21.7. The molecule has 1 aromatic rings. The number of fused-ring (bicyclic) bond motifs is 1. The van der Waals surface area contributed by atoms with Crippen molar-refractivity contribution in [3.63, 3.8) is 0 Å². The zero-order valence-corrected chi connectivity index (χ0v) is 27.3. The fraction of sp³-hybridized carbons (Fsp3) is 0.688. The molecule has 3 N–H and O–H groups in total. The molecule has 3 fully saturated rings. The maximum absolute atomic E-state index is 14.3. The number of carbonyl (C=O) groups excluding carboxylic acids is 4. The summed E-state index contributed by atoms with van der Waals surface area (Å²) in [6.07, 6.45) is 1.05. The Hall–Kier alpha value is -3.39. The molecule has 4 aliphatic rings. The van der Waals surface area contributed by atoms with E-state index in [0.29, 0.717) is 11.1 Å². The van der Waals surface area contributed by atoms with E-state index in [1.165, 1.54) is 15.9 Å². The summed E-state index contributed by atoms with van der Waals surface area (Å²) in [7, 11) is -1.21. The van der Waals surface area contributed by atoms with Crippen LogP contribution < -0.4 is 10.6 Å². The van der Waals surface area contributed by atoms with Crippen LogP contribution in [0.25, 0.3) is 0 Å². The van der Waals surface area contributed by atoms with Crippen LogP contribution in [-0.2, 0) is 36.8 Å². The van der Waals surface area contributed by atoms with Crippen molar-refractivity contribution in [2.45, 2.75) is 110 Å². The highest BCUT2D eigenvalue weighted by atomic mass is 19.1. The van der Waals surface area contributed by atoms with E-state index in [-0.39, 0.29) is 50.6 Å². The van der Waals surface area contributed by atoms with Crippen molar-refractivity contribution in [3.05, 3.63) is 35.1 Å². The van der Waals surface area contributed by atoms with Crippen LogP contribution in [0.15, 0.2) is 18.2 Å². The minimum atomic E-state index is -1.21. The number of carbonyl (C=O) groups is 4. The van der Waals surface area contributed by atoms with Gasteiger partial charge in [-0.1, -0.05) is 46.8 Å². The number of nitrogens with one attached hydrogen (secondary N) is 2. The number of hydrogen-bond acceptors (Lipinski definition) is 8. The lowest BCUT2D eigenvalue weighted by molar-refractivity contribution is -0.142. The molecule has 0 spiro atoms. The van der Waals surface area contributed by atoms with Gasteiger partial charge in [-0.25, -0.2) is 14.0 Å². The summed E-state index contributed by atoms with van der Waals surface area (Å²) < 4.78 is 31.1. The number of ether oxygens (including phenoxy) is 2. The zero-order chi connectivity index (χ0) is 33.3. The fourth-order valence-corrected chi connectivity index (χ4v) is 6.90. The van der Waals surface area contributed by atoms with Crippen molar-refractivity contribution in [3.8, 4) is 0 Å². The van der Waals surface area contributed by atoms with Crippen molar-refractivity contribution >= 4 is 31.1 Å². The predicted octanol–water partition coefficient (Wildman–Crippen LogP) is 3.14. The molecule has 1 saturated carbocycles. The molecule has 252 valence electrons. The SMILES string of the molecule is CC(C)C1COB(O)C1NC(=O)[C@@H]1C[C@@H](OC(=O)N2Cc3cccc(F)c3C2)CN1C(=O)[C@@H](NC(=O)OC1CCCC1)C(C)(C)C. The average molecular weight is 645 g/mol. The third-order valence-corrected chi connectivity index (χ3v) is 9.64. The highest BCUT2D eigenvalue weighted by Crippen LogP contribution is 2.31. The molecule has 5 rings (SSSR count). The van der Waals surface area contributed by atoms with E-state index in [1.54, 1.807) is 32.9 Å². The van der Waals surface area contributed by atoms with E-state index in [4.69, 9.17) is 14.1 Å². The van der Waals surface area contributed by atoms with Crippen LogP contribution >= 0.6 is 0 Å². The van der Waals surface area contributed by atoms with Gasteiger partial charge in [0.1, 0.15) is 30.1 Å². The number of nitrogens with zero attached hydrogens (tertiary/aromatic N) is 2. The first kappa shape index (κ1) is 34.0. The van der Waals surface area contributed by atoms with E-state index in [0.717, 1.165) is 25.7 Å². The molecule has 0 radical (unpaired) electrons. The molecule has 12 nitrogen and oxygen atoms in total. The van der Waals surface area contributed by atoms with E-state index < -0.39 is 66.5 Å². The van der Waals surface area contributed by atoms with Gasteiger partial charge >= 0.3 is 19.3 Å². The number of benzene rings is 1. The van der Waals surface area contributed by atoms with Gasteiger partial charge in [0.25, 0.3) is 0 Å². The number of halogens is 1. The van der Waals surface area contributed by atoms with Crippen molar-refractivity contribution in [1.29, 1.82) is 0 Å². The predicted molar refractivity (Wildman–Crippen MR) is 165 cm³/mol. The molecule has 0 aromatic heterocycles. The van der Waals surface area contributed by atoms with Gasteiger partial charge in [-0.3, -0.25) is 14.5 Å². The van der Waals surface area contributed by atoms with Gasteiger partial charge in [-0.15, -0.1) is 0 Å². The molecule has 2 unspecified atom stereocenters. The summed E-state index contributed by atoms with van der Waals surface area (Å²) >= 11 is 0. The van der Waals surface area contributed by atoms with Gasteiger partial charge in [0.15, 0.2) is 0 Å². The molecule has 3 aliphatic heterocycles. The van der Waals surface area contributed by atoms with Gasteiger partial charge in [0, 0.05) is 31.1 Å². The smallest absolute Gasteiger partial charge is 0.446 e. The molecular weight excluding hydrogens is 598 g/mol. The maximum Gasteiger partial charge on any atom is 0.478 e. The van der Waals surface area contributed by atoms with E-state index >= 15 is 0 Å². The summed E-state index contributed by atoms with van der Waals surface area (Å²) in [5, 5.41) is 16.1. The summed E-state index contributed by atoms with van der Waals surface area (Å²) in [6, 6.07) is 2.58. The minimum absolute atomic E-state index is 0.00212. The van der Waals surface area contributed by atoms with Crippen LogP contribution in [0.2, 0.25) is 0 Å². The lowest BCUT2D eigenvalue weighted by atomic mass is 9.71. The Morgan fingerprint density at radius 2 is 1.80 bits per heavy atom. The minimum Gasteiger partial charge on any atom is -0.446 e. The normalized spacial score (nSPS) is 25.5. The summed E-state index contributed by atoms with van der Waals surface area (Å²) in [5.41, 5.74) is 0.365. The number of amides is 4. The topological polar surface area (TPSA) is 147 Å². The van der Waals surface area contributed by atoms with Crippen LogP contribution in [-0.4, -0.2) is 89.3 Å². The maximum atomic E-state index is 14.3. The van der Waals surface area contributed by atoms with Crippen LogP contribution in [0.4, 0.5) is 14.0 Å². The third kappa shape index (κ3) is 7.43. The lowest BCUT2D eigenvalue weighted by Crippen LogP contribution is -2.59. The zero-order valence-electron chi connectivity index (χ0n) is 27.3. The Labute approximate surface area is 269 Å². The van der Waals surface area contributed by atoms with Gasteiger partial charge < -0.3 is 34.7 Å². The lowest BCUT2D eigenvalue weighted by Gasteiger charge is -2.35. The molecule has 0 bridgehead atoms. The Kier molecular flexibility index (Phi) is 10.2. The number of hydrogen-bond donors (Lipinski definition) is 3. The standard InChI is InChI=1S/C32H46BFN4O8/c1-18(2)23-17-44-33(43)27(23)36-28(39)25-13-21(46-31(42)37-14-19-9-8-12-24(34)22(19)16-37)15-38(25)29(40)26(32(3,4)5)35-30(41)45-20-10-6-7-11-20/h8-9,12,18,20-21,23,25-27,43H,6-7,10-11,13-17H2,1-5H3,(H,35,41)(H,36,39)/t21-,23?,25+,26-,27?/m1/s1. The average Bonchev–Trinajstić information content (AvgIpc) is 3.78. The first-order valence-corrected chi connectivity index (χ1v) is 16.3. The highest BCUT2D eigenvalue weighted by molar-refractivity contribution is 6.46. The fourth-order valence-electron chi connectivity index (χ4n) is 6.90. The van der Waals surface area contributed by atoms with Crippen LogP contribution in [0.1, 0.15) is 77.8 Å². The van der Waals surface area contributed by atoms with Crippen LogP contribution in [0.5, 0.6) is 0 Å². The van der Waals surface area contributed by atoms with Gasteiger partial charge in [0.05, 0.1) is 19.0 Å². The van der Waals surface area contributed by atoms with Gasteiger partial charge in [-0.05, 0) is 48.6 Å². The second-order valence-corrected chi connectivity index (χ2v) is 14.4. The summed E-state index contributed by atoms with van der Waals surface area (Å²) in [6.45, 7) is 9.76. The number of likely N-dealkylation sites (tertiary alicyclic amines) is 1. The van der Waals surface area contributed by atoms with Crippen molar-refractivity contribution < 1.29 is 42.7 Å². The van der Waals surface area contributed by atoms with Crippen molar-refractivity contribution in [2.75, 3.05) is 13.2 Å². The Bertz CT molecular complexity index is 1320. The Morgan fingerprint density at radius 3 is 2.46 bits per heavy atom. The van der Waals surface area contributed by atoms with E-state index in [2.05, 4.69) is 10.6 Å². The Balaban J connectivity index is 1.33. The first-order valence-electron chi connectivity index (χ1n) is 16.3. The molecular formula is C32H46BFN4O8. The quantitative estimate of drug-likeness (QED) is 0.384. The molecule has 5 atom stereocenters. The largest absolute Gasteiger partial charge is 0.478 e.